The monoisotopic (exact) mass is 475 g/mol. The quantitative estimate of drug-likeness (QED) is 0.304. The van der Waals surface area contributed by atoms with Gasteiger partial charge in [-0.05, 0) is 36.8 Å². The Hall–Kier alpha value is -2.93. The van der Waals surface area contributed by atoms with Crippen LogP contribution < -0.4 is 0 Å². The van der Waals surface area contributed by atoms with Crippen LogP contribution in [0, 0.1) is 21.9 Å². The van der Waals surface area contributed by atoms with Gasteiger partial charge in [0.1, 0.15) is 0 Å². The van der Waals surface area contributed by atoms with Crippen LogP contribution in [0.3, 0.4) is 0 Å². The zero-order valence-electron chi connectivity index (χ0n) is 17.2. The molecule has 10 nitrogen and oxygen atoms in total. The predicted molar refractivity (Wildman–Crippen MR) is 119 cm³/mol. The van der Waals surface area contributed by atoms with Crippen LogP contribution in [0.1, 0.15) is 5.56 Å². The zero-order chi connectivity index (χ0) is 22.9. The molecule has 0 bridgehead atoms. The first-order valence-electron chi connectivity index (χ1n) is 9.86. The minimum atomic E-state index is -3.82. The van der Waals surface area contributed by atoms with E-state index < -0.39 is 14.9 Å². The van der Waals surface area contributed by atoms with E-state index in [9.17, 15) is 18.5 Å². The lowest BCUT2D eigenvalue weighted by Crippen LogP contribution is -2.48. The van der Waals surface area contributed by atoms with Crippen molar-refractivity contribution in [1.29, 1.82) is 0 Å². The Labute approximate surface area is 189 Å². The number of aryl methyl sites for hydroxylation is 1. The summed E-state index contributed by atoms with van der Waals surface area (Å²) in [6.45, 7) is 3.76. The van der Waals surface area contributed by atoms with Gasteiger partial charge in [-0.2, -0.15) is 4.31 Å². The molecule has 0 unspecified atom stereocenters. The fourth-order valence-corrected chi connectivity index (χ4v) is 5.16. The first-order valence-corrected chi connectivity index (χ1v) is 11.7. The highest BCUT2D eigenvalue weighted by Gasteiger charge is 2.30. The van der Waals surface area contributed by atoms with Crippen LogP contribution in [0.4, 0.5) is 5.69 Å². The summed E-state index contributed by atoms with van der Waals surface area (Å²) in [7, 11) is -3.82. The molecule has 0 saturated carbocycles. The number of nitro benzene ring substituents is 1. The molecule has 1 aromatic heterocycles. The van der Waals surface area contributed by atoms with Gasteiger partial charge < -0.3 is 4.42 Å². The smallest absolute Gasteiger partial charge is 0.288 e. The van der Waals surface area contributed by atoms with Crippen molar-refractivity contribution in [2.45, 2.75) is 18.5 Å². The van der Waals surface area contributed by atoms with E-state index in [1.807, 2.05) is 36.1 Å². The molecule has 12 heteroatoms. The SMILES string of the molecule is Cc1ccccc1-c1nn(CN2CCN(S(=O)(=O)c3cccc([N+](=O)[O-])c3)CC2)c(=S)o1. The molecule has 2 aromatic carbocycles. The summed E-state index contributed by atoms with van der Waals surface area (Å²) in [4.78, 5) is 12.6. The van der Waals surface area contributed by atoms with E-state index >= 15 is 0 Å². The topological polar surface area (TPSA) is 115 Å². The highest BCUT2D eigenvalue weighted by atomic mass is 32.2. The molecule has 1 saturated heterocycles. The van der Waals surface area contributed by atoms with Gasteiger partial charge in [0.25, 0.3) is 10.5 Å². The van der Waals surface area contributed by atoms with Crippen molar-refractivity contribution in [2.24, 2.45) is 0 Å². The van der Waals surface area contributed by atoms with Crippen molar-refractivity contribution in [3.05, 3.63) is 69.0 Å². The second-order valence-electron chi connectivity index (χ2n) is 7.41. The van der Waals surface area contributed by atoms with Crippen molar-refractivity contribution in [1.82, 2.24) is 19.0 Å². The van der Waals surface area contributed by atoms with Crippen LogP contribution in [0.15, 0.2) is 57.8 Å². The minimum Gasteiger partial charge on any atom is -0.409 e. The third-order valence-corrected chi connectivity index (χ3v) is 7.50. The molecule has 1 fully saturated rings. The average molecular weight is 476 g/mol. The second-order valence-corrected chi connectivity index (χ2v) is 9.69. The average Bonchev–Trinajstić information content (AvgIpc) is 3.14. The number of aromatic nitrogens is 2. The van der Waals surface area contributed by atoms with Crippen LogP contribution >= 0.6 is 12.2 Å². The second kappa shape index (κ2) is 8.90. The maximum absolute atomic E-state index is 12.9. The molecule has 32 heavy (non-hydrogen) atoms. The zero-order valence-corrected chi connectivity index (χ0v) is 18.9. The number of sulfonamides is 1. The number of hydrogen-bond acceptors (Lipinski definition) is 8. The maximum Gasteiger partial charge on any atom is 0.288 e. The van der Waals surface area contributed by atoms with Crippen molar-refractivity contribution < 1.29 is 17.8 Å². The molecule has 0 spiro atoms. The fraction of sp³-hybridized carbons (Fsp3) is 0.300. The summed E-state index contributed by atoms with van der Waals surface area (Å²) in [5.74, 6) is 0.444. The van der Waals surface area contributed by atoms with Gasteiger partial charge in [0.2, 0.25) is 15.9 Å². The lowest BCUT2D eigenvalue weighted by Gasteiger charge is -2.33. The van der Waals surface area contributed by atoms with Crippen molar-refractivity contribution >= 4 is 27.9 Å². The molecule has 168 valence electrons. The summed E-state index contributed by atoms with van der Waals surface area (Å²) in [5.41, 5.74) is 1.63. The van der Waals surface area contributed by atoms with Crippen molar-refractivity contribution in [3.63, 3.8) is 0 Å². The van der Waals surface area contributed by atoms with E-state index in [0.717, 1.165) is 17.2 Å². The first kappa shape index (κ1) is 22.3. The predicted octanol–water partition coefficient (Wildman–Crippen LogP) is 3.05. The van der Waals surface area contributed by atoms with Gasteiger partial charge in [-0.15, -0.1) is 5.10 Å². The summed E-state index contributed by atoms with van der Waals surface area (Å²) >= 11 is 5.31. The Morgan fingerprint density at radius 2 is 1.84 bits per heavy atom. The number of hydrogen-bond donors (Lipinski definition) is 0. The Morgan fingerprint density at radius 3 is 2.53 bits per heavy atom. The maximum atomic E-state index is 12.9. The molecule has 0 N–H and O–H groups in total. The number of rotatable bonds is 6. The Morgan fingerprint density at radius 1 is 1.12 bits per heavy atom. The van der Waals surface area contributed by atoms with Crippen LogP contribution in [0.25, 0.3) is 11.5 Å². The van der Waals surface area contributed by atoms with Gasteiger partial charge in [-0.25, -0.2) is 13.1 Å². The van der Waals surface area contributed by atoms with E-state index in [2.05, 4.69) is 5.10 Å². The Bertz CT molecular complexity index is 1310. The standard InChI is InChI=1S/C20H21N5O5S2/c1-15-5-2-3-8-18(15)19-21-24(20(31)30-19)14-22-9-11-23(12-10-22)32(28,29)17-7-4-6-16(13-17)25(26)27/h2-8,13H,9-12,14H2,1H3. The highest BCUT2D eigenvalue weighted by Crippen LogP contribution is 2.23. The molecule has 0 atom stereocenters. The van der Waals surface area contributed by atoms with Gasteiger partial charge in [-0.1, -0.05) is 24.3 Å². The molecule has 1 aliphatic rings. The molecule has 0 amide bonds. The third-order valence-electron chi connectivity index (χ3n) is 5.31. The van der Waals surface area contributed by atoms with Gasteiger partial charge in [-0.3, -0.25) is 15.0 Å². The number of nitrogens with zero attached hydrogens (tertiary/aromatic N) is 5. The van der Waals surface area contributed by atoms with Gasteiger partial charge >= 0.3 is 0 Å². The summed E-state index contributed by atoms with van der Waals surface area (Å²) in [6, 6.07) is 12.8. The molecule has 3 aromatic rings. The van der Waals surface area contributed by atoms with Gasteiger partial charge in [0, 0.05) is 43.9 Å². The Kier molecular flexibility index (Phi) is 6.20. The van der Waals surface area contributed by atoms with E-state index in [1.54, 1.807) is 4.68 Å². The highest BCUT2D eigenvalue weighted by molar-refractivity contribution is 7.89. The largest absolute Gasteiger partial charge is 0.409 e. The molecule has 4 rings (SSSR count). The number of non-ortho nitro benzene ring substituents is 1. The van der Waals surface area contributed by atoms with Gasteiger partial charge in [0.15, 0.2) is 0 Å². The number of benzene rings is 2. The molecule has 0 aliphatic carbocycles. The van der Waals surface area contributed by atoms with Gasteiger partial charge in [0.05, 0.1) is 16.5 Å². The molecule has 0 radical (unpaired) electrons. The minimum absolute atomic E-state index is 0.0817. The molecule has 2 heterocycles. The van der Waals surface area contributed by atoms with Crippen molar-refractivity contribution in [3.8, 4) is 11.5 Å². The van der Waals surface area contributed by atoms with Crippen LogP contribution in [-0.4, -0.2) is 58.5 Å². The lowest BCUT2D eigenvalue weighted by atomic mass is 10.1. The first-order chi connectivity index (χ1) is 15.3. The van der Waals surface area contributed by atoms with E-state index in [0.29, 0.717) is 25.6 Å². The number of nitro groups is 1. The fourth-order valence-electron chi connectivity index (χ4n) is 3.52. The summed E-state index contributed by atoms with van der Waals surface area (Å²) < 4.78 is 34.4. The van der Waals surface area contributed by atoms with Crippen LogP contribution in [0.5, 0.6) is 0 Å². The van der Waals surface area contributed by atoms with E-state index in [-0.39, 0.29) is 28.5 Å². The molecular formula is C20H21N5O5S2. The van der Waals surface area contributed by atoms with Crippen LogP contribution in [-0.2, 0) is 16.7 Å². The van der Waals surface area contributed by atoms with Crippen LogP contribution in [0.2, 0.25) is 0 Å². The van der Waals surface area contributed by atoms with E-state index in [1.165, 1.54) is 22.5 Å². The van der Waals surface area contributed by atoms with Crippen molar-refractivity contribution in [2.75, 3.05) is 26.2 Å². The normalized spacial score (nSPS) is 15.7. The lowest BCUT2D eigenvalue weighted by molar-refractivity contribution is -0.385. The summed E-state index contributed by atoms with van der Waals surface area (Å²) in [5, 5.41) is 15.5. The number of piperazine rings is 1. The third kappa shape index (κ3) is 4.48. The Balaban J connectivity index is 1.44. The molecule has 1 aliphatic heterocycles. The van der Waals surface area contributed by atoms with E-state index in [4.69, 9.17) is 16.6 Å². The summed E-state index contributed by atoms with van der Waals surface area (Å²) in [6.07, 6.45) is 0. The molecular weight excluding hydrogens is 454 g/mol.